The molecular weight excluding hydrogens is 114 g/mol. The molecule has 0 bridgehead atoms. The molecule has 0 aliphatic heterocycles. The summed E-state index contributed by atoms with van der Waals surface area (Å²) in [5, 5.41) is 8.30. The Hall–Kier alpha value is -1.49. The predicted molar refractivity (Wildman–Crippen MR) is 33.4 cm³/mol. The van der Waals surface area contributed by atoms with Gasteiger partial charge in [0.2, 0.25) is 0 Å². The molecule has 9 heavy (non-hydrogen) atoms. The molecule has 0 amide bonds. The van der Waals surface area contributed by atoms with Crippen LogP contribution in [0.15, 0.2) is 29.4 Å². The largest absolute Gasteiger partial charge is 0.464 e. The summed E-state index contributed by atoms with van der Waals surface area (Å²) in [5.74, 6) is 0.539. The lowest BCUT2D eigenvalue weighted by atomic mass is 10.3. The van der Waals surface area contributed by atoms with Crippen molar-refractivity contribution in [3.63, 3.8) is 0 Å². The highest BCUT2D eigenvalue weighted by molar-refractivity contribution is 5.70. The minimum Gasteiger partial charge on any atom is -0.464 e. The summed E-state index contributed by atoms with van der Waals surface area (Å²) in [5.41, 5.74) is 0.361. The molecule has 0 fully saturated rings. The van der Waals surface area contributed by atoms with E-state index in [2.05, 4.69) is 6.58 Å². The number of hydrogen-bond donors (Lipinski definition) is 0. The van der Waals surface area contributed by atoms with Crippen molar-refractivity contribution in [1.82, 2.24) is 0 Å². The van der Waals surface area contributed by atoms with E-state index in [1.165, 1.54) is 6.26 Å². The molecule has 0 radical (unpaired) electrons. The van der Waals surface area contributed by atoms with E-state index in [0.717, 1.165) is 0 Å². The summed E-state index contributed by atoms with van der Waals surface area (Å²) < 4.78 is 4.86. The monoisotopic (exact) mass is 119 g/mol. The summed E-state index contributed by atoms with van der Waals surface area (Å²) in [6.07, 6.45) is 1.51. The Morgan fingerprint density at radius 3 is 3.00 bits per heavy atom. The molecule has 1 aromatic heterocycles. The Bertz CT molecular complexity index is 240. The van der Waals surface area contributed by atoms with Gasteiger partial charge in [-0.3, -0.25) is 0 Å². The SMILES string of the molecule is C=C(C#N)c1ccco1. The van der Waals surface area contributed by atoms with Gasteiger partial charge in [-0.25, -0.2) is 0 Å². The van der Waals surface area contributed by atoms with E-state index in [1.807, 2.05) is 6.07 Å². The molecule has 44 valence electrons. The van der Waals surface area contributed by atoms with Gasteiger partial charge in [-0.15, -0.1) is 0 Å². The number of nitrogens with zero attached hydrogens (tertiary/aromatic N) is 1. The van der Waals surface area contributed by atoms with E-state index < -0.39 is 0 Å². The number of nitriles is 1. The van der Waals surface area contributed by atoms with Gasteiger partial charge in [0, 0.05) is 0 Å². The smallest absolute Gasteiger partial charge is 0.143 e. The minimum atomic E-state index is 0.361. The van der Waals surface area contributed by atoms with Crippen LogP contribution in [0.5, 0.6) is 0 Å². The van der Waals surface area contributed by atoms with Crippen LogP contribution in [0.4, 0.5) is 0 Å². The van der Waals surface area contributed by atoms with E-state index >= 15 is 0 Å². The summed E-state index contributed by atoms with van der Waals surface area (Å²) in [6, 6.07) is 5.30. The number of furan rings is 1. The van der Waals surface area contributed by atoms with Crippen molar-refractivity contribution in [2.45, 2.75) is 0 Å². The lowest BCUT2D eigenvalue weighted by Gasteiger charge is -1.83. The van der Waals surface area contributed by atoms with Crippen molar-refractivity contribution in [2.75, 3.05) is 0 Å². The molecule has 1 rings (SSSR count). The minimum absolute atomic E-state index is 0.361. The fraction of sp³-hybridized carbons (Fsp3) is 0. The predicted octanol–water partition coefficient (Wildman–Crippen LogP) is 1.82. The van der Waals surface area contributed by atoms with Crippen LogP contribution in [-0.4, -0.2) is 0 Å². The number of hydrogen-bond acceptors (Lipinski definition) is 2. The van der Waals surface area contributed by atoms with Crippen molar-refractivity contribution >= 4 is 5.57 Å². The molecule has 0 saturated carbocycles. The van der Waals surface area contributed by atoms with E-state index in [-0.39, 0.29) is 0 Å². The van der Waals surface area contributed by atoms with Crippen LogP contribution in [0.2, 0.25) is 0 Å². The Labute approximate surface area is 53.0 Å². The first-order valence-electron chi connectivity index (χ1n) is 2.47. The molecule has 2 heteroatoms. The molecule has 1 aromatic rings. The van der Waals surface area contributed by atoms with Crippen LogP contribution in [-0.2, 0) is 0 Å². The summed E-state index contributed by atoms with van der Waals surface area (Å²) >= 11 is 0. The van der Waals surface area contributed by atoms with Gasteiger partial charge in [0.1, 0.15) is 11.8 Å². The first-order chi connectivity index (χ1) is 4.34. The Morgan fingerprint density at radius 2 is 2.56 bits per heavy atom. The average Bonchev–Trinajstić information content (AvgIpc) is 2.37. The molecule has 0 unspecified atom stereocenters. The highest BCUT2D eigenvalue weighted by Gasteiger charge is 1.96. The van der Waals surface area contributed by atoms with Crippen molar-refractivity contribution in [3.05, 3.63) is 30.7 Å². The van der Waals surface area contributed by atoms with Crippen LogP contribution < -0.4 is 0 Å². The first-order valence-corrected chi connectivity index (χ1v) is 2.47. The molecule has 0 saturated heterocycles. The Morgan fingerprint density at radius 1 is 1.78 bits per heavy atom. The van der Waals surface area contributed by atoms with E-state index in [0.29, 0.717) is 11.3 Å². The van der Waals surface area contributed by atoms with Crippen molar-refractivity contribution in [2.24, 2.45) is 0 Å². The zero-order valence-electron chi connectivity index (χ0n) is 4.79. The number of allylic oxidation sites excluding steroid dienone is 1. The second-order valence-electron chi connectivity index (χ2n) is 1.57. The fourth-order valence-corrected chi connectivity index (χ4v) is 0.505. The number of rotatable bonds is 1. The Kier molecular flexibility index (Phi) is 1.37. The van der Waals surface area contributed by atoms with Gasteiger partial charge in [-0.1, -0.05) is 6.58 Å². The van der Waals surface area contributed by atoms with Crippen LogP contribution in [0.3, 0.4) is 0 Å². The second kappa shape index (κ2) is 2.19. The standard InChI is InChI=1S/C7H5NO/c1-6(5-8)7-3-2-4-9-7/h2-4H,1H2. The zero-order chi connectivity index (χ0) is 6.69. The highest BCUT2D eigenvalue weighted by atomic mass is 16.3. The third-order valence-electron chi connectivity index (χ3n) is 0.954. The topological polar surface area (TPSA) is 36.9 Å². The molecule has 1 heterocycles. The van der Waals surface area contributed by atoms with Crippen LogP contribution in [0.1, 0.15) is 5.76 Å². The van der Waals surface area contributed by atoms with Gasteiger partial charge in [0.15, 0.2) is 0 Å². The molecule has 0 atom stereocenters. The van der Waals surface area contributed by atoms with E-state index in [9.17, 15) is 0 Å². The average molecular weight is 119 g/mol. The summed E-state index contributed by atoms with van der Waals surface area (Å²) in [4.78, 5) is 0. The van der Waals surface area contributed by atoms with Crippen LogP contribution in [0.25, 0.3) is 5.57 Å². The third kappa shape index (κ3) is 1.000. The van der Waals surface area contributed by atoms with Crippen LogP contribution in [0, 0.1) is 11.3 Å². The molecule has 0 spiro atoms. The Balaban J connectivity index is 2.93. The van der Waals surface area contributed by atoms with Gasteiger partial charge in [0.25, 0.3) is 0 Å². The lowest BCUT2D eigenvalue weighted by molar-refractivity contribution is 0.554. The lowest BCUT2D eigenvalue weighted by Crippen LogP contribution is -1.69. The zero-order valence-corrected chi connectivity index (χ0v) is 4.79. The van der Waals surface area contributed by atoms with Crippen molar-refractivity contribution in [3.8, 4) is 6.07 Å². The summed E-state index contributed by atoms with van der Waals surface area (Å²) in [6.45, 7) is 3.46. The third-order valence-corrected chi connectivity index (χ3v) is 0.954. The van der Waals surface area contributed by atoms with Gasteiger partial charge in [-0.05, 0) is 12.1 Å². The maximum absolute atomic E-state index is 8.30. The highest BCUT2D eigenvalue weighted by Crippen LogP contribution is 2.09. The molecule has 0 aliphatic rings. The molecule has 0 N–H and O–H groups in total. The fourth-order valence-electron chi connectivity index (χ4n) is 0.505. The summed E-state index contributed by atoms with van der Waals surface area (Å²) in [7, 11) is 0. The van der Waals surface area contributed by atoms with E-state index in [4.69, 9.17) is 9.68 Å². The molecule has 0 aliphatic carbocycles. The van der Waals surface area contributed by atoms with Gasteiger partial charge in [-0.2, -0.15) is 5.26 Å². The first kappa shape index (κ1) is 5.64. The maximum atomic E-state index is 8.30. The van der Waals surface area contributed by atoms with Gasteiger partial charge < -0.3 is 4.42 Å². The van der Waals surface area contributed by atoms with Gasteiger partial charge in [0.05, 0.1) is 11.8 Å². The molecule has 0 aromatic carbocycles. The maximum Gasteiger partial charge on any atom is 0.143 e. The van der Waals surface area contributed by atoms with Gasteiger partial charge >= 0.3 is 0 Å². The normalized spacial score (nSPS) is 8.33. The molecular formula is C7H5NO. The quantitative estimate of drug-likeness (QED) is 0.528. The molecule has 2 nitrogen and oxygen atoms in total. The van der Waals surface area contributed by atoms with Crippen LogP contribution >= 0.6 is 0 Å². The van der Waals surface area contributed by atoms with Crippen molar-refractivity contribution < 1.29 is 4.42 Å². The second-order valence-corrected chi connectivity index (χ2v) is 1.57. The van der Waals surface area contributed by atoms with E-state index in [1.54, 1.807) is 12.1 Å². The van der Waals surface area contributed by atoms with Crippen molar-refractivity contribution in [1.29, 1.82) is 5.26 Å².